The van der Waals surface area contributed by atoms with Gasteiger partial charge in [0.2, 0.25) is 0 Å². The Hall–Kier alpha value is -1.71. The molecule has 1 heterocycles. The van der Waals surface area contributed by atoms with Gasteiger partial charge in [-0.2, -0.15) is 0 Å². The minimum Gasteiger partial charge on any atom is -0.455 e. The molecular formula is C20H24ClNO2. The Kier molecular flexibility index (Phi) is 5.64. The molecule has 3 atom stereocenters. The zero-order chi connectivity index (χ0) is 16.9. The molecule has 0 spiro atoms. The molecule has 0 radical (unpaired) electrons. The molecule has 1 fully saturated rings. The molecule has 24 heavy (non-hydrogen) atoms. The predicted molar refractivity (Wildman–Crippen MR) is 99.2 cm³/mol. The normalized spacial score (nSPS) is 23.7. The van der Waals surface area contributed by atoms with Crippen LogP contribution in [0, 0.1) is 5.92 Å². The molecule has 0 bridgehead atoms. The van der Waals surface area contributed by atoms with E-state index < -0.39 is 0 Å². The maximum Gasteiger partial charge on any atom is 0.150 e. The van der Waals surface area contributed by atoms with Crippen molar-refractivity contribution in [2.45, 2.75) is 38.9 Å². The van der Waals surface area contributed by atoms with E-state index in [4.69, 9.17) is 21.1 Å². The third-order valence-corrected chi connectivity index (χ3v) is 4.52. The fraction of sp³-hybridized carbons (Fsp3) is 0.400. The van der Waals surface area contributed by atoms with Crippen molar-refractivity contribution in [3.05, 3.63) is 53.6 Å². The number of ether oxygens (including phenoxy) is 2. The van der Waals surface area contributed by atoms with Crippen LogP contribution in [-0.2, 0) is 4.74 Å². The highest BCUT2D eigenvalue weighted by molar-refractivity contribution is 6.30. The number of anilines is 1. The van der Waals surface area contributed by atoms with Crippen LogP contribution < -0.4 is 10.1 Å². The zero-order valence-corrected chi connectivity index (χ0v) is 14.9. The van der Waals surface area contributed by atoms with Crippen molar-refractivity contribution in [1.82, 2.24) is 0 Å². The summed E-state index contributed by atoms with van der Waals surface area (Å²) < 4.78 is 11.8. The molecule has 0 saturated carbocycles. The van der Waals surface area contributed by atoms with E-state index in [1.807, 2.05) is 48.5 Å². The van der Waals surface area contributed by atoms with E-state index in [2.05, 4.69) is 19.2 Å². The van der Waals surface area contributed by atoms with Gasteiger partial charge in [0.25, 0.3) is 0 Å². The number of nitrogens with one attached hydrogen (secondary N) is 1. The van der Waals surface area contributed by atoms with Crippen LogP contribution in [0.4, 0.5) is 5.69 Å². The molecule has 3 nitrogen and oxygen atoms in total. The van der Waals surface area contributed by atoms with Gasteiger partial charge < -0.3 is 14.8 Å². The van der Waals surface area contributed by atoms with Crippen molar-refractivity contribution in [3.63, 3.8) is 0 Å². The molecule has 1 aliphatic heterocycles. The van der Waals surface area contributed by atoms with Gasteiger partial charge in [0, 0.05) is 11.6 Å². The second-order valence-corrected chi connectivity index (χ2v) is 6.97. The quantitative estimate of drug-likeness (QED) is 0.748. The van der Waals surface area contributed by atoms with E-state index in [0.29, 0.717) is 23.1 Å². The third kappa shape index (κ3) is 4.65. The first-order chi connectivity index (χ1) is 11.6. The Labute approximate surface area is 148 Å². The number of benzene rings is 2. The summed E-state index contributed by atoms with van der Waals surface area (Å²) in [5.74, 6) is 2.20. The van der Waals surface area contributed by atoms with Crippen molar-refractivity contribution in [3.8, 4) is 11.5 Å². The number of para-hydroxylation sites is 1. The molecule has 0 amide bonds. The van der Waals surface area contributed by atoms with Gasteiger partial charge in [-0.3, -0.25) is 0 Å². The highest BCUT2D eigenvalue weighted by atomic mass is 35.5. The van der Waals surface area contributed by atoms with Gasteiger partial charge in [0.05, 0.1) is 17.9 Å². The summed E-state index contributed by atoms with van der Waals surface area (Å²) in [6.07, 6.45) is 2.79. The minimum absolute atomic E-state index is 0.319. The van der Waals surface area contributed by atoms with Crippen LogP contribution in [0.1, 0.15) is 26.7 Å². The standard InChI is InChI=1S/C20H24ClNO2/c1-14-10-16(11-15(2)23-14)13-22-19-12-17(21)8-9-20(19)24-18-6-4-3-5-7-18/h3-9,12,14-16,22H,10-11,13H2,1-2H3/t14-,15+,16?. The highest BCUT2D eigenvalue weighted by Gasteiger charge is 2.24. The molecule has 1 saturated heterocycles. The number of halogens is 1. The van der Waals surface area contributed by atoms with Crippen LogP contribution in [0.2, 0.25) is 5.02 Å². The van der Waals surface area contributed by atoms with Crippen LogP contribution >= 0.6 is 11.6 Å². The number of hydrogen-bond donors (Lipinski definition) is 1. The first-order valence-corrected chi connectivity index (χ1v) is 8.89. The fourth-order valence-electron chi connectivity index (χ4n) is 3.31. The van der Waals surface area contributed by atoms with Gasteiger partial charge >= 0.3 is 0 Å². The summed E-state index contributed by atoms with van der Waals surface area (Å²) in [5, 5.41) is 4.22. The molecule has 3 rings (SSSR count). The molecule has 1 N–H and O–H groups in total. The first kappa shape index (κ1) is 17.1. The summed E-state index contributed by atoms with van der Waals surface area (Å²) in [6.45, 7) is 5.18. The first-order valence-electron chi connectivity index (χ1n) is 8.52. The van der Waals surface area contributed by atoms with E-state index >= 15 is 0 Å². The van der Waals surface area contributed by atoms with Crippen LogP contribution in [0.25, 0.3) is 0 Å². The van der Waals surface area contributed by atoms with Crippen molar-refractivity contribution in [2.24, 2.45) is 5.92 Å². The van der Waals surface area contributed by atoms with Gasteiger partial charge in [-0.15, -0.1) is 0 Å². The van der Waals surface area contributed by atoms with Crippen LogP contribution in [0.3, 0.4) is 0 Å². The van der Waals surface area contributed by atoms with E-state index in [1.54, 1.807) is 0 Å². The van der Waals surface area contributed by atoms with E-state index in [0.717, 1.165) is 36.6 Å². The van der Waals surface area contributed by atoms with E-state index in [-0.39, 0.29) is 0 Å². The Bertz CT molecular complexity index is 652. The topological polar surface area (TPSA) is 30.5 Å². The molecule has 2 aromatic carbocycles. The maximum absolute atomic E-state index is 6.17. The Morgan fingerprint density at radius 3 is 2.50 bits per heavy atom. The molecule has 128 valence electrons. The molecular weight excluding hydrogens is 322 g/mol. The lowest BCUT2D eigenvalue weighted by Crippen LogP contribution is -2.32. The van der Waals surface area contributed by atoms with E-state index in [1.165, 1.54) is 0 Å². The monoisotopic (exact) mass is 345 g/mol. The number of rotatable bonds is 5. The van der Waals surface area contributed by atoms with Crippen LogP contribution in [0.15, 0.2) is 48.5 Å². The summed E-state index contributed by atoms with van der Waals surface area (Å²) in [6, 6.07) is 15.5. The second kappa shape index (κ2) is 7.91. The number of hydrogen-bond acceptors (Lipinski definition) is 3. The smallest absolute Gasteiger partial charge is 0.150 e. The lowest BCUT2D eigenvalue weighted by Gasteiger charge is -2.32. The predicted octanol–water partition coefficient (Wildman–Crippen LogP) is 5.75. The van der Waals surface area contributed by atoms with Crippen LogP contribution in [0.5, 0.6) is 11.5 Å². The largest absolute Gasteiger partial charge is 0.455 e. The van der Waals surface area contributed by atoms with Gasteiger partial charge in [-0.1, -0.05) is 29.8 Å². The Balaban J connectivity index is 1.69. The Morgan fingerprint density at radius 2 is 1.79 bits per heavy atom. The lowest BCUT2D eigenvalue weighted by molar-refractivity contribution is -0.0495. The molecule has 0 aromatic heterocycles. The third-order valence-electron chi connectivity index (χ3n) is 4.29. The summed E-state index contributed by atoms with van der Waals surface area (Å²) in [5.41, 5.74) is 0.929. The average Bonchev–Trinajstić information content (AvgIpc) is 2.55. The second-order valence-electron chi connectivity index (χ2n) is 6.53. The van der Waals surface area contributed by atoms with Crippen molar-refractivity contribution < 1.29 is 9.47 Å². The van der Waals surface area contributed by atoms with Gasteiger partial charge in [0.1, 0.15) is 5.75 Å². The zero-order valence-electron chi connectivity index (χ0n) is 14.2. The molecule has 4 heteroatoms. The fourth-order valence-corrected chi connectivity index (χ4v) is 3.48. The molecule has 0 aliphatic carbocycles. The highest BCUT2D eigenvalue weighted by Crippen LogP contribution is 2.33. The maximum atomic E-state index is 6.17. The van der Waals surface area contributed by atoms with Gasteiger partial charge in [-0.25, -0.2) is 0 Å². The molecule has 1 aliphatic rings. The van der Waals surface area contributed by atoms with Gasteiger partial charge in [-0.05, 0) is 62.9 Å². The lowest BCUT2D eigenvalue weighted by atomic mass is 9.92. The van der Waals surface area contributed by atoms with Crippen LogP contribution in [-0.4, -0.2) is 18.8 Å². The van der Waals surface area contributed by atoms with Gasteiger partial charge in [0.15, 0.2) is 5.75 Å². The summed E-state index contributed by atoms with van der Waals surface area (Å²) >= 11 is 6.17. The van der Waals surface area contributed by atoms with Crippen molar-refractivity contribution in [2.75, 3.05) is 11.9 Å². The Morgan fingerprint density at radius 1 is 1.08 bits per heavy atom. The summed E-state index contributed by atoms with van der Waals surface area (Å²) in [4.78, 5) is 0. The van der Waals surface area contributed by atoms with E-state index in [9.17, 15) is 0 Å². The van der Waals surface area contributed by atoms with Crippen molar-refractivity contribution in [1.29, 1.82) is 0 Å². The molecule has 2 aromatic rings. The minimum atomic E-state index is 0.319. The SMILES string of the molecule is C[C@@H]1CC(CNc2cc(Cl)ccc2Oc2ccccc2)C[C@H](C)O1. The average molecular weight is 346 g/mol. The summed E-state index contributed by atoms with van der Waals surface area (Å²) in [7, 11) is 0. The van der Waals surface area contributed by atoms with Crippen molar-refractivity contribution >= 4 is 17.3 Å². The molecule has 1 unspecified atom stereocenters.